The zero-order valence-corrected chi connectivity index (χ0v) is 7.42. The van der Waals surface area contributed by atoms with Crippen molar-refractivity contribution < 1.29 is 4.79 Å². The molecule has 0 fully saturated rings. The van der Waals surface area contributed by atoms with Crippen LogP contribution in [0.25, 0.3) is 10.4 Å². The van der Waals surface area contributed by atoms with E-state index in [4.69, 9.17) is 17.1 Å². The van der Waals surface area contributed by atoms with Crippen molar-refractivity contribution in [1.29, 1.82) is 0 Å². The van der Waals surface area contributed by atoms with Crippen molar-refractivity contribution in [2.75, 3.05) is 0 Å². The molecule has 0 spiro atoms. The topological polar surface area (TPSA) is 65.8 Å². The number of hydrogen-bond donors (Lipinski definition) is 0. The molecule has 0 saturated heterocycles. The van der Waals surface area contributed by atoms with E-state index in [0.717, 1.165) is 0 Å². The summed E-state index contributed by atoms with van der Waals surface area (Å²) in [5.74, 6) is 0. The van der Waals surface area contributed by atoms with Crippen LogP contribution < -0.4 is 0 Å². The van der Waals surface area contributed by atoms with Gasteiger partial charge in [0.2, 0.25) is 5.24 Å². The Morgan fingerprint density at radius 3 is 3.00 bits per heavy atom. The van der Waals surface area contributed by atoms with E-state index in [1.807, 2.05) is 0 Å². The van der Waals surface area contributed by atoms with Crippen LogP contribution in [0.1, 0.15) is 11.6 Å². The van der Waals surface area contributed by atoms with Gasteiger partial charge < -0.3 is 0 Å². The van der Waals surface area contributed by atoms with Crippen LogP contribution in [-0.4, -0.2) is 5.24 Å². The first-order valence-corrected chi connectivity index (χ1v) is 4.33. The molecule has 0 bridgehead atoms. The van der Waals surface area contributed by atoms with Crippen LogP contribution in [0.5, 0.6) is 0 Å². The third-order valence-electron chi connectivity index (χ3n) is 1.24. The van der Waals surface area contributed by atoms with Gasteiger partial charge in [0.1, 0.15) is 6.04 Å². The third kappa shape index (κ3) is 1.98. The maximum absolute atomic E-state index is 10.7. The second kappa shape index (κ2) is 4.11. The van der Waals surface area contributed by atoms with Crippen LogP contribution in [-0.2, 0) is 4.79 Å². The fourth-order valence-corrected chi connectivity index (χ4v) is 1.57. The fourth-order valence-electron chi connectivity index (χ4n) is 0.725. The molecule has 12 heavy (non-hydrogen) atoms. The SMILES string of the molecule is [N-]=[N+]=NC(C(=O)Cl)c1ccsc1. The van der Waals surface area contributed by atoms with E-state index in [1.165, 1.54) is 11.3 Å². The molecule has 0 aliphatic rings. The summed E-state index contributed by atoms with van der Waals surface area (Å²) in [6.07, 6.45) is 0. The summed E-state index contributed by atoms with van der Waals surface area (Å²) in [7, 11) is 0. The number of halogens is 1. The van der Waals surface area contributed by atoms with Gasteiger partial charge in [-0.2, -0.15) is 11.3 Å². The minimum absolute atomic E-state index is 0.637. The molecule has 0 aromatic carbocycles. The smallest absolute Gasteiger partial charge is 0.235 e. The van der Waals surface area contributed by atoms with Crippen LogP contribution in [0.15, 0.2) is 21.9 Å². The molecule has 1 atom stereocenters. The van der Waals surface area contributed by atoms with Crippen molar-refractivity contribution in [1.82, 2.24) is 0 Å². The quantitative estimate of drug-likeness (QED) is 0.321. The van der Waals surface area contributed by atoms with E-state index >= 15 is 0 Å². The maximum Gasteiger partial charge on any atom is 0.235 e. The molecule has 6 heteroatoms. The highest BCUT2D eigenvalue weighted by Gasteiger charge is 2.16. The van der Waals surface area contributed by atoms with Gasteiger partial charge in [0, 0.05) is 4.91 Å². The largest absolute Gasteiger partial charge is 0.280 e. The molecule has 0 amide bonds. The van der Waals surface area contributed by atoms with Gasteiger partial charge in [-0.1, -0.05) is 5.11 Å². The summed E-state index contributed by atoms with van der Waals surface area (Å²) in [5, 5.41) is 6.12. The standard InChI is InChI=1S/C6H4ClN3OS/c7-6(11)5(9-10-8)4-1-2-12-3-4/h1-3,5H. The average molecular weight is 202 g/mol. The second-order valence-electron chi connectivity index (χ2n) is 1.97. The number of carbonyl (C=O) groups excluding carboxylic acids is 1. The van der Waals surface area contributed by atoms with Gasteiger partial charge in [0.15, 0.2) is 0 Å². The summed E-state index contributed by atoms with van der Waals surface area (Å²) in [6, 6.07) is 0.813. The normalized spacial score (nSPS) is 11.8. The lowest BCUT2D eigenvalue weighted by atomic mass is 10.2. The molecule has 1 unspecified atom stereocenters. The lowest BCUT2D eigenvalue weighted by molar-refractivity contribution is -0.112. The zero-order chi connectivity index (χ0) is 8.97. The highest BCUT2D eigenvalue weighted by molar-refractivity contribution is 7.08. The number of hydrogen-bond acceptors (Lipinski definition) is 3. The first-order chi connectivity index (χ1) is 5.75. The van der Waals surface area contributed by atoms with Crippen molar-refractivity contribution in [3.63, 3.8) is 0 Å². The molecule has 1 aromatic rings. The molecule has 1 heterocycles. The Labute approximate surface area is 77.4 Å². The Morgan fingerprint density at radius 1 is 1.83 bits per heavy atom. The van der Waals surface area contributed by atoms with E-state index in [9.17, 15) is 4.79 Å². The van der Waals surface area contributed by atoms with Crippen molar-refractivity contribution in [2.45, 2.75) is 6.04 Å². The van der Waals surface area contributed by atoms with Crippen LogP contribution in [0.3, 0.4) is 0 Å². The van der Waals surface area contributed by atoms with Gasteiger partial charge in [-0.15, -0.1) is 0 Å². The lowest BCUT2D eigenvalue weighted by Gasteiger charge is -2.00. The van der Waals surface area contributed by atoms with Crippen molar-refractivity contribution in [3.8, 4) is 0 Å². The Kier molecular flexibility index (Phi) is 3.10. The predicted molar refractivity (Wildman–Crippen MR) is 47.1 cm³/mol. The van der Waals surface area contributed by atoms with Crippen LogP contribution in [0.4, 0.5) is 0 Å². The lowest BCUT2D eigenvalue weighted by Crippen LogP contribution is -2.00. The molecule has 1 rings (SSSR count). The molecular formula is C6H4ClN3OS. The van der Waals surface area contributed by atoms with Gasteiger partial charge in [0.25, 0.3) is 0 Å². The van der Waals surface area contributed by atoms with Gasteiger partial charge in [0.05, 0.1) is 0 Å². The number of rotatable bonds is 3. The van der Waals surface area contributed by atoms with Crippen molar-refractivity contribution in [3.05, 3.63) is 32.8 Å². The third-order valence-corrected chi connectivity index (χ3v) is 2.15. The number of thiophene rings is 1. The van der Waals surface area contributed by atoms with Crippen molar-refractivity contribution in [2.24, 2.45) is 5.11 Å². The van der Waals surface area contributed by atoms with Crippen molar-refractivity contribution >= 4 is 28.2 Å². The van der Waals surface area contributed by atoms with E-state index in [1.54, 1.807) is 16.8 Å². The highest BCUT2D eigenvalue weighted by Crippen LogP contribution is 2.22. The number of carbonyl (C=O) groups is 1. The summed E-state index contributed by atoms with van der Waals surface area (Å²) >= 11 is 6.63. The van der Waals surface area contributed by atoms with Crippen LogP contribution >= 0.6 is 22.9 Å². The summed E-state index contributed by atoms with van der Waals surface area (Å²) in [6.45, 7) is 0. The molecular weight excluding hydrogens is 198 g/mol. The molecule has 0 saturated carbocycles. The molecule has 0 radical (unpaired) electrons. The molecule has 62 valence electrons. The number of nitrogens with zero attached hydrogens (tertiary/aromatic N) is 3. The van der Waals surface area contributed by atoms with E-state index in [0.29, 0.717) is 5.56 Å². The Bertz CT molecular complexity index is 316. The monoisotopic (exact) mass is 201 g/mol. The van der Waals surface area contributed by atoms with Crippen LogP contribution in [0.2, 0.25) is 0 Å². The highest BCUT2D eigenvalue weighted by atomic mass is 35.5. The zero-order valence-electron chi connectivity index (χ0n) is 5.85. The van der Waals surface area contributed by atoms with E-state index in [-0.39, 0.29) is 0 Å². The minimum Gasteiger partial charge on any atom is -0.280 e. The summed E-state index contributed by atoms with van der Waals surface area (Å²) in [5.41, 5.74) is 8.77. The number of azide groups is 1. The van der Waals surface area contributed by atoms with Gasteiger partial charge >= 0.3 is 0 Å². The minimum atomic E-state index is -0.886. The van der Waals surface area contributed by atoms with Gasteiger partial charge in [-0.25, -0.2) is 0 Å². The van der Waals surface area contributed by atoms with E-state index in [2.05, 4.69) is 10.0 Å². The van der Waals surface area contributed by atoms with Gasteiger partial charge in [-0.3, -0.25) is 4.79 Å². The fraction of sp³-hybridized carbons (Fsp3) is 0.167. The van der Waals surface area contributed by atoms with E-state index < -0.39 is 11.3 Å². The summed E-state index contributed by atoms with van der Waals surface area (Å²) in [4.78, 5) is 13.3. The Hall–Kier alpha value is -1.03. The molecule has 1 aromatic heterocycles. The molecule has 0 aliphatic carbocycles. The van der Waals surface area contributed by atoms with Gasteiger partial charge in [-0.05, 0) is 39.5 Å². The summed E-state index contributed by atoms with van der Waals surface area (Å²) < 4.78 is 0. The predicted octanol–water partition coefficient (Wildman–Crippen LogP) is 2.86. The van der Waals surface area contributed by atoms with Crippen LogP contribution in [0, 0.1) is 0 Å². The molecule has 4 nitrogen and oxygen atoms in total. The maximum atomic E-state index is 10.7. The molecule has 0 N–H and O–H groups in total. The Morgan fingerprint density at radius 2 is 2.58 bits per heavy atom. The average Bonchev–Trinajstić information content (AvgIpc) is 2.51. The molecule has 0 aliphatic heterocycles. The first kappa shape index (κ1) is 9.06. The Balaban J connectivity index is 2.95. The second-order valence-corrected chi connectivity index (χ2v) is 3.12. The first-order valence-electron chi connectivity index (χ1n) is 3.01.